The molecule has 0 saturated heterocycles. The number of nitrogens with one attached hydrogen (secondary N) is 1. The fourth-order valence-corrected chi connectivity index (χ4v) is 3.02. The third-order valence-electron chi connectivity index (χ3n) is 4.40. The van der Waals surface area contributed by atoms with E-state index in [4.69, 9.17) is 9.47 Å². The first-order chi connectivity index (χ1) is 13.1. The van der Waals surface area contributed by atoms with Crippen LogP contribution in [0.2, 0.25) is 0 Å². The number of ether oxygens (including phenoxy) is 2. The molecule has 0 radical (unpaired) electrons. The van der Waals surface area contributed by atoms with Crippen LogP contribution in [0, 0.1) is 0 Å². The van der Waals surface area contributed by atoms with E-state index >= 15 is 0 Å². The normalized spacial score (nSPS) is 12.0. The largest absolute Gasteiger partial charge is 0.454 e. The number of fused-ring (bicyclic) bond motifs is 2. The predicted octanol–water partition coefficient (Wildman–Crippen LogP) is 3.17. The summed E-state index contributed by atoms with van der Waals surface area (Å²) in [5.74, 6) is -0.143. The molecule has 3 aromatic rings. The zero-order chi connectivity index (χ0) is 18.8. The van der Waals surface area contributed by atoms with Crippen molar-refractivity contribution >= 4 is 28.3 Å². The fraction of sp³-hybridized carbons (Fsp3) is 0.143. The van der Waals surface area contributed by atoms with Gasteiger partial charge in [-0.1, -0.05) is 36.4 Å². The summed E-state index contributed by atoms with van der Waals surface area (Å²) < 4.78 is 10.5. The van der Waals surface area contributed by atoms with Crippen LogP contribution in [0.1, 0.15) is 5.56 Å². The number of carbonyl (C=O) groups is 2. The summed E-state index contributed by atoms with van der Waals surface area (Å²) in [6, 6.07) is 19.0. The molecule has 4 rings (SSSR count). The van der Waals surface area contributed by atoms with E-state index in [9.17, 15) is 9.59 Å². The highest BCUT2D eigenvalue weighted by Crippen LogP contribution is 2.34. The van der Waals surface area contributed by atoms with E-state index in [0.717, 1.165) is 16.3 Å². The van der Waals surface area contributed by atoms with Crippen LogP contribution < -0.4 is 14.8 Å². The number of benzene rings is 3. The van der Waals surface area contributed by atoms with Crippen molar-refractivity contribution in [2.24, 2.45) is 0 Å². The van der Waals surface area contributed by atoms with Crippen LogP contribution >= 0.6 is 0 Å². The Hall–Kier alpha value is -3.54. The summed E-state index contributed by atoms with van der Waals surface area (Å²) in [6.07, 6.45) is 0. The van der Waals surface area contributed by atoms with Gasteiger partial charge in [-0.15, -0.1) is 0 Å². The van der Waals surface area contributed by atoms with Crippen molar-refractivity contribution in [3.8, 4) is 11.5 Å². The quantitative estimate of drug-likeness (QED) is 0.727. The average molecular weight is 362 g/mol. The molecule has 0 unspecified atom stereocenters. The van der Waals surface area contributed by atoms with E-state index in [1.807, 2.05) is 42.5 Å². The summed E-state index contributed by atoms with van der Waals surface area (Å²) in [6.45, 7) is 0.498. The van der Waals surface area contributed by atoms with E-state index in [1.165, 1.54) is 4.90 Å². The first-order valence-electron chi connectivity index (χ1n) is 8.54. The minimum atomic E-state index is -0.697. The highest BCUT2D eigenvalue weighted by Gasteiger charge is 2.20. The zero-order valence-electron chi connectivity index (χ0n) is 14.8. The van der Waals surface area contributed by atoms with Gasteiger partial charge >= 0.3 is 11.8 Å². The molecule has 1 aliphatic heterocycles. The maximum atomic E-state index is 12.4. The number of rotatable bonds is 3. The van der Waals surface area contributed by atoms with Gasteiger partial charge in [0.15, 0.2) is 11.5 Å². The molecule has 0 atom stereocenters. The van der Waals surface area contributed by atoms with Crippen LogP contribution in [0.3, 0.4) is 0 Å². The molecule has 1 aliphatic rings. The van der Waals surface area contributed by atoms with Crippen molar-refractivity contribution in [2.75, 3.05) is 19.2 Å². The number of hydrogen-bond acceptors (Lipinski definition) is 4. The number of amides is 2. The number of carbonyl (C=O) groups excluding carboxylic acids is 2. The van der Waals surface area contributed by atoms with E-state index < -0.39 is 11.8 Å². The summed E-state index contributed by atoms with van der Waals surface area (Å²) in [7, 11) is 1.61. The topological polar surface area (TPSA) is 67.9 Å². The third kappa shape index (κ3) is 3.55. The van der Waals surface area contributed by atoms with Crippen molar-refractivity contribution in [3.05, 3.63) is 66.2 Å². The highest BCUT2D eigenvalue weighted by molar-refractivity contribution is 6.39. The van der Waals surface area contributed by atoms with Gasteiger partial charge in [0.2, 0.25) is 6.79 Å². The van der Waals surface area contributed by atoms with Crippen LogP contribution in [-0.4, -0.2) is 30.6 Å². The van der Waals surface area contributed by atoms with Crippen molar-refractivity contribution in [1.29, 1.82) is 0 Å². The second kappa shape index (κ2) is 6.99. The summed E-state index contributed by atoms with van der Waals surface area (Å²) >= 11 is 0. The molecule has 0 bridgehead atoms. The second-order valence-electron chi connectivity index (χ2n) is 6.36. The molecule has 6 heteroatoms. The Morgan fingerprint density at radius 3 is 2.59 bits per heavy atom. The SMILES string of the molecule is CN(Cc1ccc2ccccc2c1)C(=O)C(=O)Nc1ccc2c(c1)OCO2. The van der Waals surface area contributed by atoms with E-state index in [1.54, 1.807) is 25.2 Å². The Bertz CT molecular complexity index is 1030. The fourth-order valence-electron chi connectivity index (χ4n) is 3.02. The monoisotopic (exact) mass is 362 g/mol. The lowest BCUT2D eigenvalue weighted by Crippen LogP contribution is -2.36. The summed E-state index contributed by atoms with van der Waals surface area (Å²) in [5, 5.41) is 4.83. The molecule has 0 aromatic heterocycles. The molecule has 136 valence electrons. The van der Waals surface area contributed by atoms with Gasteiger partial charge in [0.25, 0.3) is 0 Å². The standard InChI is InChI=1S/C21H18N2O4/c1-23(12-14-6-7-15-4-2-3-5-16(15)10-14)21(25)20(24)22-17-8-9-18-19(11-17)27-13-26-18/h2-11H,12-13H2,1H3,(H,22,24). The molecule has 0 aliphatic carbocycles. The minimum absolute atomic E-state index is 0.153. The second-order valence-corrected chi connectivity index (χ2v) is 6.36. The summed E-state index contributed by atoms with van der Waals surface area (Å²) in [5.41, 5.74) is 1.44. The maximum Gasteiger partial charge on any atom is 0.313 e. The lowest BCUT2D eigenvalue weighted by Gasteiger charge is -2.17. The Morgan fingerprint density at radius 1 is 0.963 bits per heavy atom. The Morgan fingerprint density at radius 2 is 1.74 bits per heavy atom. The van der Waals surface area contributed by atoms with Crippen LogP contribution in [0.5, 0.6) is 11.5 Å². The number of hydrogen-bond donors (Lipinski definition) is 1. The van der Waals surface area contributed by atoms with Gasteiger partial charge in [0, 0.05) is 25.3 Å². The molecule has 1 N–H and O–H groups in total. The van der Waals surface area contributed by atoms with Crippen molar-refractivity contribution in [2.45, 2.75) is 6.54 Å². The molecule has 6 nitrogen and oxygen atoms in total. The molecule has 27 heavy (non-hydrogen) atoms. The van der Waals surface area contributed by atoms with Gasteiger partial charge in [-0.25, -0.2) is 0 Å². The molecule has 3 aromatic carbocycles. The van der Waals surface area contributed by atoms with Gasteiger partial charge in [0.1, 0.15) is 0 Å². The third-order valence-corrected chi connectivity index (χ3v) is 4.40. The Balaban J connectivity index is 1.42. The predicted molar refractivity (Wildman–Crippen MR) is 102 cm³/mol. The van der Waals surface area contributed by atoms with Gasteiger partial charge in [-0.3, -0.25) is 9.59 Å². The number of likely N-dealkylation sites (N-methyl/N-ethyl adjacent to an activating group) is 1. The van der Waals surface area contributed by atoms with Gasteiger partial charge in [-0.2, -0.15) is 0 Å². The van der Waals surface area contributed by atoms with E-state index in [0.29, 0.717) is 23.7 Å². The van der Waals surface area contributed by atoms with Crippen LogP contribution in [0.4, 0.5) is 5.69 Å². The van der Waals surface area contributed by atoms with Crippen molar-refractivity contribution < 1.29 is 19.1 Å². The van der Waals surface area contributed by atoms with Crippen LogP contribution in [0.25, 0.3) is 10.8 Å². The van der Waals surface area contributed by atoms with Crippen LogP contribution in [-0.2, 0) is 16.1 Å². The van der Waals surface area contributed by atoms with E-state index in [2.05, 4.69) is 5.32 Å². The smallest absolute Gasteiger partial charge is 0.313 e. The highest BCUT2D eigenvalue weighted by atomic mass is 16.7. The molecule has 0 fully saturated rings. The van der Waals surface area contributed by atoms with Gasteiger partial charge in [0.05, 0.1) is 0 Å². The van der Waals surface area contributed by atoms with Crippen molar-refractivity contribution in [1.82, 2.24) is 4.90 Å². The molecule has 0 spiro atoms. The average Bonchev–Trinajstić information content (AvgIpc) is 3.15. The molecular formula is C21H18N2O4. The minimum Gasteiger partial charge on any atom is -0.454 e. The zero-order valence-corrected chi connectivity index (χ0v) is 14.8. The lowest BCUT2D eigenvalue weighted by molar-refractivity contribution is -0.142. The molecule has 2 amide bonds. The molecule has 1 heterocycles. The van der Waals surface area contributed by atoms with Crippen molar-refractivity contribution in [3.63, 3.8) is 0 Å². The molecular weight excluding hydrogens is 344 g/mol. The first kappa shape index (κ1) is 16.9. The lowest BCUT2D eigenvalue weighted by atomic mass is 10.1. The Kier molecular flexibility index (Phi) is 4.38. The summed E-state index contributed by atoms with van der Waals surface area (Å²) in [4.78, 5) is 26.1. The Labute approximate surface area is 156 Å². The first-order valence-corrected chi connectivity index (χ1v) is 8.54. The number of anilines is 1. The van der Waals surface area contributed by atoms with Gasteiger partial charge < -0.3 is 19.7 Å². The maximum absolute atomic E-state index is 12.4. The molecule has 0 saturated carbocycles. The van der Waals surface area contributed by atoms with E-state index in [-0.39, 0.29) is 6.79 Å². The van der Waals surface area contributed by atoms with Gasteiger partial charge in [-0.05, 0) is 34.5 Å². The van der Waals surface area contributed by atoms with Crippen LogP contribution in [0.15, 0.2) is 60.7 Å². The number of nitrogens with zero attached hydrogens (tertiary/aromatic N) is 1.